The molecule has 1 radical (unpaired) electrons. The van der Waals surface area contributed by atoms with Crippen molar-refractivity contribution in [1.82, 2.24) is 14.5 Å². The van der Waals surface area contributed by atoms with Crippen LogP contribution in [0.5, 0.6) is 23.0 Å². The summed E-state index contributed by atoms with van der Waals surface area (Å²) in [5, 5.41) is 1.28. The van der Waals surface area contributed by atoms with Crippen LogP contribution in [0.25, 0.3) is 39.4 Å². The van der Waals surface area contributed by atoms with E-state index in [4.69, 9.17) is 15.8 Å². The maximum Gasteiger partial charge on any atom is 0.166 e. The number of para-hydroxylation sites is 4. The Kier molecular flexibility index (Phi) is 11.7. The standard InChI is InChI=1S/C31H26FN2O2.C17H22NSi.Ir/c1-18(2)22-16-20(32)17-23(19(3)4)29(22)34-25-12-6-5-11-24(25)33-31(34)21-10-9-15-28-30(21)36-27-14-8-7-13-26(27)35-28;1-13(2)15-11-16(14-9-7-6-8-10-14)18-12-17(15)19(3,4)5;/h5-9,11-19H,1-4H3;6-9,11-13H,1-5H3;/q2*-1;/i;13D;. The van der Waals surface area contributed by atoms with Crippen molar-refractivity contribution < 1.29 is 35.3 Å². The van der Waals surface area contributed by atoms with Gasteiger partial charge in [0.15, 0.2) is 11.5 Å². The summed E-state index contributed by atoms with van der Waals surface area (Å²) in [7, 11) is -1.50. The van der Waals surface area contributed by atoms with Gasteiger partial charge in [-0.25, -0.2) is 4.39 Å². The fourth-order valence-electron chi connectivity index (χ4n) is 7.03. The van der Waals surface area contributed by atoms with Crippen LogP contribution in [0.4, 0.5) is 4.39 Å². The summed E-state index contributed by atoms with van der Waals surface area (Å²) in [6, 6.07) is 39.1. The van der Waals surface area contributed by atoms with Crippen LogP contribution in [0.15, 0.2) is 109 Å². The number of aromatic nitrogens is 3. The Bertz CT molecular complexity index is 2510. The molecule has 5 nitrogen and oxygen atoms in total. The van der Waals surface area contributed by atoms with Gasteiger partial charge in [-0.1, -0.05) is 109 Å². The Hall–Kier alpha value is -4.88. The molecule has 5 aromatic carbocycles. The van der Waals surface area contributed by atoms with Gasteiger partial charge in [0.05, 0.1) is 36.4 Å². The average molecular weight is 939 g/mol. The smallest absolute Gasteiger partial charge is 0.166 e. The molecule has 56 heavy (non-hydrogen) atoms. The van der Waals surface area contributed by atoms with E-state index in [-0.39, 0.29) is 37.8 Å². The molecule has 8 heteroatoms. The van der Waals surface area contributed by atoms with E-state index < -0.39 is 14.0 Å². The molecular formula is C48H48FIrN3O2Si-2. The number of pyridine rings is 1. The molecule has 8 rings (SSSR count). The Morgan fingerprint density at radius 3 is 2.00 bits per heavy atom. The quantitative estimate of drug-likeness (QED) is 0.118. The number of fused-ring (bicyclic) bond motifs is 3. The molecule has 0 atom stereocenters. The minimum absolute atomic E-state index is 0. The summed E-state index contributed by atoms with van der Waals surface area (Å²) in [5.41, 5.74) is 8.25. The van der Waals surface area contributed by atoms with E-state index in [1.165, 1.54) is 5.19 Å². The number of ether oxygens (including phenoxy) is 2. The molecule has 3 heterocycles. The van der Waals surface area contributed by atoms with E-state index in [9.17, 15) is 4.39 Å². The van der Waals surface area contributed by atoms with Crippen LogP contribution < -0.4 is 14.7 Å². The first-order chi connectivity index (χ1) is 26.6. The largest absolute Gasteiger partial charge is 0.494 e. The first kappa shape index (κ1) is 39.4. The predicted molar refractivity (Wildman–Crippen MR) is 226 cm³/mol. The van der Waals surface area contributed by atoms with E-state index in [1.807, 2.05) is 105 Å². The first-order valence-electron chi connectivity index (χ1n) is 19.4. The monoisotopic (exact) mass is 939 g/mol. The van der Waals surface area contributed by atoms with Crippen molar-refractivity contribution in [3.8, 4) is 51.3 Å². The van der Waals surface area contributed by atoms with Crippen LogP contribution in [-0.2, 0) is 20.1 Å². The Labute approximate surface area is 346 Å². The zero-order valence-electron chi connectivity index (χ0n) is 34.4. The number of halogens is 1. The molecule has 0 saturated heterocycles. The van der Waals surface area contributed by atoms with Gasteiger partial charge in [-0.05, 0) is 76.1 Å². The molecule has 0 bridgehead atoms. The van der Waals surface area contributed by atoms with Crippen LogP contribution in [0.1, 0.15) is 77.3 Å². The maximum absolute atomic E-state index is 14.8. The number of imidazole rings is 1. The van der Waals surface area contributed by atoms with E-state index in [0.717, 1.165) is 44.7 Å². The normalized spacial score (nSPS) is 12.5. The Balaban J connectivity index is 0.000000223. The van der Waals surface area contributed by atoms with Gasteiger partial charge >= 0.3 is 0 Å². The second-order valence-corrected chi connectivity index (χ2v) is 20.9. The van der Waals surface area contributed by atoms with E-state index in [1.54, 1.807) is 12.1 Å². The number of rotatable bonds is 7. The minimum Gasteiger partial charge on any atom is -0.494 e. The fourth-order valence-corrected chi connectivity index (χ4v) is 8.61. The van der Waals surface area contributed by atoms with Gasteiger partial charge in [-0.3, -0.25) is 4.98 Å². The number of hydrogen-bond acceptors (Lipinski definition) is 4. The Morgan fingerprint density at radius 1 is 0.732 bits per heavy atom. The summed E-state index contributed by atoms with van der Waals surface area (Å²) in [4.78, 5) is 9.66. The van der Waals surface area contributed by atoms with Gasteiger partial charge in [-0.15, -0.1) is 48.0 Å². The molecular weight excluding hydrogens is 890 g/mol. The van der Waals surface area contributed by atoms with Crippen molar-refractivity contribution in [2.24, 2.45) is 0 Å². The molecule has 0 saturated carbocycles. The van der Waals surface area contributed by atoms with Gasteiger partial charge in [0.2, 0.25) is 0 Å². The fraction of sp³-hybridized carbons (Fsp3) is 0.250. The van der Waals surface area contributed by atoms with Crippen LogP contribution in [0.3, 0.4) is 0 Å². The molecule has 2 aromatic heterocycles. The van der Waals surface area contributed by atoms with Crippen molar-refractivity contribution in [3.05, 3.63) is 144 Å². The van der Waals surface area contributed by atoms with Crippen LogP contribution in [0.2, 0.25) is 19.6 Å². The molecule has 1 aliphatic heterocycles. The van der Waals surface area contributed by atoms with Gasteiger partial charge < -0.3 is 19.0 Å². The summed E-state index contributed by atoms with van der Waals surface area (Å²) in [5.74, 6) is 2.51. The summed E-state index contributed by atoms with van der Waals surface area (Å²) < 4.78 is 37.9. The number of nitrogens with zero attached hydrogens (tertiary/aromatic N) is 3. The van der Waals surface area contributed by atoms with Gasteiger partial charge in [0.25, 0.3) is 0 Å². The van der Waals surface area contributed by atoms with E-state index in [0.29, 0.717) is 34.4 Å². The minimum atomic E-state index is -1.50. The SMILES string of the molecule is CC(C)c1cc(F)cc(C(C)C)c1-n1c(-c2[c-]ccc3c2Oc2ccccc2O3)nc2ccccc21.[2H]C(C)(C)c1cc(-c2[c-]cccc2)ncc1[Si](C)(C)C.[Ir]. The van der Waals surface area contributed by atoms with Crippen molar-refractivity contribution in [3.63, 3.8) is 0 Å². The average Bonchev–Trinajstić information content (AvgIpc) is 3.55. The molecule has 0 amide bonds. The topological polar surface area (TPSA) is 49.2 Å². The molecule has 0 N–H and O–H groups in total. The van der Waals surface area contributed by atoms with Gasteiger partial charge in [0.1, 0.15) is 5.82 Å². The third-order valence-corrected chi connectivity index (χ3v) is 11.8. The Morgan fingerprint density at radius 2 is 1.38 bits per heavy atom. The number of benzene rings is 5. The van der Waals surface area contributed by atoms with Crippen molar-refractivity contribution in [1.29, 1.82) is 0 Å². The zero-order chi connectivity index (χ0) is 39.9. The molecule has 1 aliphatic rings. The molecule has 0 fully saturated rings. The molecule has 0 unspecified atom stereocenters. The van der Waals surface area contributed by atoms with Crippen molar-refractivity contribution in [2.75, 3.05) is 0 Å². The van der Waals surface area contributed by atoms with E-state index >= 15 is 0 Å². The molecule has 7 aromatic rings. The zero-order valence-corrected chi connectivity index (χ0v) is 36.8. The third-order valence-electron chi connectivity index (χ3n) is 9.82. The van der Waals surface area contributed by atoms with Gasteiger partial charge in [0, 0.05) is 33.4 Å². The number of hydrogen-bond donors (Lipinski definition) is 0. The first-order valence-corrected chi connectivity index (χ1v) is 22.4. The van der Waals surface area contributed by atoms with Crippen molar-refractivity contribution in [2.45, 2.75) is 78.9 Å². The van der Waals surface area contributed by atoms with E-state index in [2.05, 4.69) is 75.1 Å². The van der Waals surface area contributed by atoms with Crippen LogP contribution >= 0.6 is 0 Å². The third kappa shape index (κ3) is 8.15. The summed E-state index contributed by atoms with van der Waals surface area (Å²) in [6.45, 7) is 19.2. The maximum atomic E-state index is 14.8. The van der Waals surface area contributed by atoms with Crippen LogP contribution in [-0.4, -0.2) is 22.6 Å². The van der Waals surface area contributed by atoms with Crippen LogP contribution in [0, 0.1) is 17.9 Å². The van der Waals surface area contributed by atoms with Crippen molar-refractivity contribution >= 4 is 24.3 Å². The van der Waals surface area contributed by atoms with Gasteiger partial charge in [-0.2, -0.15) is 0 Å². The predicted octanol–water partition coefficient (Wildman–Crippen LogP) is 13.0. The second-order valence-electron chi connectivity index (χ2n) is 15.8. The second kappa shape index (κ2) is 16.7. The summed E-state index contributed by atoms with van der Waals surface area (Å²) >= 11 is 0. The molecule has 289 valence electrons. The molecule has 0 spiro atoms. The summed E-state index contributed by atoms with van der Waals surface area (Å²) in [6.07, 6.45) is 1.98. The molecule has 0 aliphatic carbocycles.